The summed E-state index contributed by atoms with van der Waals surface area (Å²) in [6.07, 6.45) is 0. The number of phenols is 1. The van der Waals surface area contributed by atoms with Crippen LogP contribution in [-0.2, 0) is 0 Å². The summed E-state index contributed by atoms with van der Waals surface area (Å²) in [6, 6.07) is 17.5. The second-order valence-electron chi connectivity index (χ2n) is 3.54. The summed E-state index contributed by atoms with van der Waals surface area (Å²) in [4.78, 5) is 0. The Hall–Kier alpha value is -1.76. The number of rotatable bonds is 2. The molecule has 1 nitrogen and oxygen atoms in total. The molecule has 75 valence electrons. The minimum absolute atomic E-state index is 0.305. The van der Waals surface area contributed by atoms with E-state index < -0.39 is 0 Å². The summed E-state index contributed by atoms with van der Waals surface area (Å²) in [6.45, 7) is 2.09. The zero-order chi connectivity index (χ0) is 10.7. The Bertz CT molecular complexity index is 417. The van der Waals surface area contributed by atoms with Crippen LogP contribution in [0.4, 0.5) is 0 Å². The van der Waals surface area contributed by atoms with Crippen LogP contribution in [0.1, 0.15) is 18.1 Å². The quantitative estimate of drug-likeness (QED) is 0.782. The van der Waals surface area contributed by atoms with Crippen LogP contribution in [0.25, 0.3) is 0 Å². The van der Waals surface area contributed by atoms with Crippen LogP contribution in [0, 0.1) is 5.92 Å². The van der Waals surface area contributed by atoms with Crippen molar-refractivity contribution in [2.24, 2.45) is 0 Å². The molecule has 0 aliphatic carbocycles. The lowest BCUT2D eigenvalue weighted by Crippen LogP contribution is -1.95. The van der Waals surface area contributed by atoms with Crippen molar-refractivity contribution in [3.63, 3.8) is 0 Å². The maximum atomic E-state index is 9.20. The fourth-order valence-corrected chi connectivity index (χ4v) is 1.57. The smallest absolute Gasteiger partial charge is 0.115 e. The highest BCUT2D eigenvalue weighted by atomic mass is 16.3. The van der Waals surface area contributed by atoms with Crippen molar-refractivity contribution in [3.8, 4) is 5.75 Å². The maximum Gasteiger partial charge on any atom is 0.115 e. The van der Waals surface area contributed by atoms with Gasteiger partial charge in [-0.25, -0.2) is 0 Å². The first-order valence-corrected chi connectivity index (χ1v) is 4.96. The Morgan fingerprint density at radius 1 is 0.800 bits per heavy atom. The first kappa shape index (κ1) is 9.78. The molecule has 0 aromatic heterocycles. The summed E-state index contributed by atoms with van der Waals surface area (Å²) in [5.74, 6) is 1.52. The molecule has 2 aromatic rings. The second kappa shape index (κ2) is 4.18. The fraction of sp³-hybridized carbons (Fsp3) is 0.0714. The molecule has 2 rings (SSSR count). The van der Waals surface area contributed by atoms with Crippen molar-refractivity contribution in [1.82, 2.24) is 0 Å². The van der Waals surface area contributed by atoms with Gasteiger partial charge in [0.1, 0.15) is 5.75 Å². The highest BCUT2D eigenvalue weighted by Gasteiger charge is 2.07. The summed E-state index contributed by atoms with van der Waals surface area (Å²) >= 11 is 0. The average molecular weight is 197 g/mol. The van der Waals surface area contributed by atoms with Crippen LogP contribution in [0.3, 0.4) is 0 Å². The summed E-state index contributed by atoms with van der Waals surface area (Å²) in [5, 5.41) is 9.20. The van der Waals surface area contributed by atoms with E-state index in [1.807, 2.05) is 30.3 Å². The molecule has 1 N–H and O–H groups in total. The number of hydrogen-bond donors (Lipinski definition) is 1. The van der Waals surface area contributed by atoms with Gasteiger partial charge in [-0.2, -0.15) is 0 Å². The van der Waals surface area contributed by atoms with E-state index in [1.165, 1.54) is 11.5 Å². The summed E-state index contributed by atoms with van der Waals surface area (Å²) in [5.41, 5.74) is 2.35. The average Bonchev–Trinajstić information content (AvgIpc) is 2.30. The van der Waals surface area contributed by atoms with Crippen molar-refractivity contribution in [2.45, 2.75) is 6.92 Å². The van der Waals surface area contributed by atoms with Gasteiger partial charge in [0.2, 0.25) is 0 Å². The summed E-state index contributed by atoms with van der Waals surface area (Å²) in [7, 11) is 0. The van der Waals surface area contributed by atoms with Crippen molar-refractivity contribution < 1.29 is 5.11 Å². The van der Waals surface area contributed by atoms with Crippen LogP contribution >= 0.6 is 0 Å². The fourth-order valence-electron chi connectivity index (χ4n) is 1.57. The van der Waals surface area contributed by atoms with Crippen molar-refractivity contribution in [1.29, 1.82) is 0 Å². The van der Waals surface area contributed by atoms with Crippen LogP contribution in [0.2, 0.25) is 0 Å². The number of aromatic hydroxyl groups is 1. The van der Waals surface area contributed by atoms with Gasteiger partial charge in [0.25, 0.3) is 0 Å². The molecule has 0 atom stereocenters. The SMILES string of the molecule is C[C](c1ccccc1)c1ccc(O)cc1. The molecule has 0 aliphatic rings. The van der Waals surface area contributed by atoms with Gasteiger partial charge in [0, 0.05) is 5.92 Å². The molecule has 0 unspecified atom stereocenters. The van der Waals surface area contributed by atoms with E-state index in [-0.39, 0.29) is 0 Å². The molecule has 0 saturated carbocycles. The van der Waals surface area contributed by atoms with Gasteiger partial charge in [-0.1, -0.05) is 49.4 Å². The van der Waals surface area contributed by atoms with Gasteiger partial charge >= 0.3 is 0 Å². The molecular weight excluding hydrogens is 184 g/mol. The third-order valence-corrected chi connectivity index (χ3v) is 2.51. The van der Waals surface area contributed by atoms with E-state index in [1.54, 1.807) is 12.1 Å². The first-order valence-electron chi connectivity index (χ1n) is 4.96. The normalized spacial score (nSPS) is 10.5. The van der Waals surface area contributed by atoms with Crippen LogP contribution in [-0.4, -0.2) is 5.11 Å². The van der Waals surface area contributed by atoms with Crippen LogP contribution in [0.5, 0.6) is 5.75 Å². The van der Waals surface area contributed by atoms with Crippen molar-refractivity contribution >= 4 is 0 Å². The molecule has 0 amide bonds. The minimum Gasteiger partial charge on any atom is -0.508 e. The molecule has 0 fully saturated rings. The van der Waals surface area contributed by atoms with Gasteiger partial charge in [0.05, 0.1) is 0 Å². The minimum atomic E-state index is 0.305. The molecule has 1 heteroatoms. The highest BCUT2D eigenvalue weighted by molar-refractivity contribution is 5.45. The van der Waals surface area contributed by atoms with E-state index in [0.717, 1.165) is 5.56 Å². The van der Waals surface area contributed by atoms with Gasteiger partial charge in [-0.3, -0.25) is 0 Å². The van der Waals surface area contributed by atoms with E-state index in [0.29, 0.717) is 5.75 Å². The van der Waals surface area contributed by atoms with E-state index in [4.69, 9.17) is 0 Å². The Balaban J connectivity index is 2.29. The lowest BCUT2D eigenvalue weighted by Gasteiger charge is -2.11. The standard InChI is InChI=1S/C14H13O/c1-11(12-5-3-2-4-6-12)13-7-9-14(15)10-8-13/h2-10,15H,1H3. The molecule has 0 bridgehead atoms. The molecule has 15 heavy (non-hydrogen) atoms. The highest BCUT2D eigenvalue weighted by Crippen LogP contribution is 2.23. The number of hydrogen-bond acceptors (Lipinski definition) is 1. The second-order valence-corrected chi connectivity index (χ2v) is 3.54. The number of benzene rings is 2. The van der Waals surface area contributed by atoms with Crippen molar-refractivity contribution in [2.75, 3.05) is 0 Å². The Labute approximate surface area is 90.0 Å². The zero-order valence-corrected chi connectivity index (χ0v) is 8.64. The van der Waals surface area contributed by atoms with Crippen LogP contribution < -0.4 is 0 Å². The number of phenolic OH excluding ortho intramolecular Hbond substituents is 1. The Morgan fingerprint density at radius 3 is 1.93 bits per heavy atom. The van der Waals surface area contributed by atoms with E-state index in [2.05, 4.69) is 19.1 Å². The molecule has 0 spiro atoms. The molecule has 2 aromatic carbocycles. The molecular formula is C14H13O. The summed E-state index contributed by atoms with van der Waals surface area (Å²) < 4.78 is 0. The lowest BCUT2D eigenvalue weighted by molar-refractivity contribution is 0.475. The van der Waals surface area contributed by atoms with Gasteiger partial charge in [-0.15, -0.1) is 0 Å². The monoisotopic (exact) mass is 197 g/mol. The molecule has 1 radical (unpaired) electrons. The third-order valence-electron chi connectivity index (χ3n) is 2.51. The Morgan fingerprint density at radius 2 is 1.33 bits per heavy atom. The van der Waals surface area contributed by atoms with Gasteiger partial charge in [-0.05, 0) is 23.3 Å². The van der Waals surface area contributed by atoms with Crippen molar-refractivity contribution in [3.05, 3.63) is 71.6 Å². The largest absolute Gasteiger partial charge is 0.508 e. The van der Waals surface area contributed by atoms with E-state index in [9.17, 15) is 5.11 Å². The Kier molecular flexibility index (Phi) is 2.72. The van der Waals surface area contributed by atoms with Gasteiger partial charge < -0.3 is 5.11 Å². The zero-order valence-electron chi connectivity index (χ0n) is 8.64. The lowest BCUT2D eigenvalue weighted by atomic mass is 9.93. The van der Waals surface area contributed by atoms with E-state index >= 15 is 0 Å². The topological polar surface area (TPSA) is 20.2 Å². The predicted octanol–water partition coefficient (Wildman–Crippen LogP) is 3.38. The maximum absolute atomic E-state index is 9.20. The van der Waals surface area contributed by atoms with Gasteiger partial charge in [0.15, 0.2) is 0 Å². The third kappa shape index (κ3) is 2.18. The van der Waals surface area contributed by atoms with Crippen LogP contribution in [0.15, 0.2) is 54.6 Å². The predicted molar refractivity (Wildman–Crippen MR) is 61.7 cm³/mol. The molecule has 0 aliphatic heterocycles. The first-order chi connectivity index (χ1) is 7.27. The molecule has 0 saturated heterocycles. The molecule has 0 heterocycles.